The molecule has 1 fully saturated rings. The lowest BCUT2D eigenvalue weighted by Gasteiger charge is -2.35. The van der Waals surface area contributed by atoms with Crippen LogP contribution in [0.2, 0.25) is 0 Å². The Labute approximate surface area is 188 Å². The van der Waals surface area contributed by atoms with Crippen molar-refractivity contribution < 1.29 is 19.4 Å². The molecular weight excluding hydrogens is 428 g/mol. The van der Waals surface area contributed by atoms with Gasteiger partial charge < -0.3 is 20.1 Å². The topological polar surface area (TPSA) is 96.2 Å². The Hall–Kier alpha value is -3.43. The Kier molecular flexibility index (Phi) is 4.87. The Morgan fingerprint density at radius 1 is 1.22 bits per heavy atom. The lowest BCUT2D eigenvalue weighted by molar-refractivity contribution is 0.00585. The average Bonchev–Trinajstić information content (AvgIpc) is 3.28. The molecule has 1 aliphatic heterocycles. The third kappa shape index (κ3) is 3.21. The van der Waals surface area contributed by atoms with Crippen molar-refractivity contribution in [3.63, 3.8) is 0 Å². The number of aromatic nitrogens is 2. The molecule has 32 heavy (non-hydrogen) atoms. The highest BCUT2D eigenvalue weighted by atomic mass is 32.1. The average molecular weight is 451 g/mol. The fraction of sp³-hybridized carbons (Fsp3) is 0.261. The number of benzene rings is 1. The highest BCUT2D eigenvalue weighted by Crippen LogP contribution is 2.36. The van der Waals surface area contributed by atoms with Gasteiger partial charge >= 0.3 is 0 Å². The van der Waals surface area contributed by atoms with Crippen LogP contribution >= 0.6 is 11.3 Å². The SMILES string of the molecule is CNC(=O)c1sc2cc(Oc3ccnn4cc(C(=O)N5CC(O)C5)c(C)c34)ccc2c1C. The van der Waals surface area contributed by atoms with Crippen molar-refractivity contribution in [2.75, 3.05) is 20.1 Å². The zero-order valence-corrected chi connectivity index (χ0v) is 18.7. The molecular formula is C23H22N4O4S. The molecule has 0 radical (unpaired) electrons. The summed E-state index contributed by atoms with van der Waals surface area (Å²) in [7, 11) is 1.62. The van der Waals surface area contributed by atoms with Gasteiger partial charge in [-0.25, -0.2) is 4.52 Å². The van der Waals surface area contributed by atoms with Gasteiger partial charge in [-0.2, -0.15) is 5.10 Å². The molecule has 1 saturated heterocycles. The van der Waals surface area contributed by atoms with E-state index in [1.165, 1.54) is 11.3 Å². The van der Waals surface area contributed by atoms with E-state index < -0.39 is 6.10 Å². The van der Waals surface area contributed by atoms with Crippen molar-refractivity contribution in [1.82, 2.24) is 19.8 Å². The summed E-state index contributed by atoms with van der Waals surface area (Å²) in [6.07, 6.45) is 2.88. The molecule has 164 valence electrons. The quantitative estimate of drug-likeness (QED) is 0.498. The van der Waals surface area contributed by atoms with Crippen LogP contribution in [0.4, 0.5) is 0 Å². The first-order valence-electron chi connectivity index (χ1n) is 10.2. The third-order valence-electron chi connectivity index (χ3n) is 5.84. The van der Waals surface area contributed by atoms with E-state index in [0.717, 1.165) is 21.2 Å². The van der Waals surface area contributed by atoms with E-state index in [-0.39, 0.29) is 11.8 Å². The Balaban J connectivity index is 1.50. The maximum atomic E-state index is 12.8. The number of hydrogen-bond acceptors (Lipinski definition) is 6. The molecule has 4 heterocycles. The standard InChI is InChI=1S/C23H22N4O4S/c1-12-17(23(30)26-9-14(28)10-26)11-27-20(12)18(6-7-25-27)31-15-4-5-16-13(2)21(22(29)24-3)32-19(16)8-15/h4-8,11,14,28H,9-10H2,1-3H3,(H,24,29). The second-order valence-corrected chi connectivity index (χ2v) is 8.97. The summed E-state index contributed by atoms with van der Waals surface area (Å²) >= 11 is 1.43. The van der Waals surface area contributed by atoms with Crippen LogP contribution in [0.15, 0.2) is 36.7 Å². The number of nitrogens with one attached hydrogen (secondary N) is 1. The van der Waals surface area contributed by atoms with Gasteiger partial charge in [0, 0.05) is 37.1 Å². The number of ether oxygens (including phenoxy) is 1. The first kappa shape index (κ1) is 20.5. The van der Waals surface area contributed by atoms with Crippen molar-refractivity contribution in [1.29, 1.82) is 0 Å². The van der Waals surface area contributed by atoms with E-state index in [0.29, 0.717) is 40.5 Å². The number of thiophene rings is 1. The highest BCUT2D eigenvalue weighted by Gasteiger charge is 2.31. The molecule has 1 aromatic carbocycles. The summed E-state index contributed by atoms with van der Waals surface area (Å²) in [6.45, 7) is 4.50. The minimum absolute atomic E-state index is 0.0993. The van der Waals surface area contributed by atoms with Crippen LogP contribution < -0.4 is 10.1 Å². The van der Waals surface area contributed by atoms with E-state index in [2.05, 4.69) is 10.4 Å². The van der Waals surface area contributed by atoms with Gasteiger partial charge in [-0.15, -0.1) is 11.3 Å². The van der Waals surface area contributed by atoms with Crippen molar-refractivity contribution in [2.45, 2.75) is 20.0 Å². The number of aliphatic hydroxyl groups excluding tert-OH is 1. The maximum Gasteiger partial charge on any atom is 0.261 e. The van der Waals surface area contributed by atoms with Crippen molar-refractivity contribution in [3.8, 4) is 11.5 Å². The number of fused-ring (bicyclic) bond motifs is 2. The fourth-order valence-corrected chi connectivity index (χ4v) is 5.22. The fourth-order valence-electron chi connectivity index (χ4n) is 4.04. The van der Waals surface area contributed by atoms with E-state index >= 15 is 0 Å². The van der Waals surface area contributed by atoms with Gasteiger partial charge in [0.1, 0.15) is 11.3 Å². The molecule has 8 nitrogen and oxygen atoms in total. The molecule has 0 atom stereocenters. The number of amides is 2. The molecule has 0 spiro atoms. The molecule has 2 amide bonds. The molecule has 9 heteroatoms. The van der Waals surface area contributed by atoms with Gasteiger partial charge in [0.2, 0.25) is 0 Å². The molecule has 3 aromatic heterocycles. The Morgan fingerprint density at radius 2 is 2.00 bits per heavy atom. The van der Waals surface area contributed by atoms with E-state index in [1.807, 2.05) is 32.0 Å². The number of likely N-dealkylation sites (tertiary alicyclic amines) is 1. The lowest BCUT2D eigenvalue weighted by atomic mass is 10.1. The Bertz CT molecular complexity index is 1380. The Morgan fingerprint density at radius 3 is 2.72 bits per heavy atom. The van der Waals surface area contributed by atoms with Crippen molar-refractivity contribution >= 4 is 38.8 Å². The molecule has 2 N–H and O–H groups in total. The molecule has 0 aliphatic carbocycles. The van der Waals surface area contributed by atoms with E-state index in [9.17, 15) is 14.7 Å². The second-order valence-electron chi connectivity index (χ2n) is 7.92. The highest BCUT2D eigenvalue weighted by molar-refractivity contribution is 7.21. The number of rotatable bonds is 4. The number of carbonyl (C=O) groups is 2. The number of aryl methyl sites for hydroxylation is 2. The molecule has 0 unspecified atom stereocenters. The van der Waals surface area contributed by atoms with Crippen LogP contribution in [0.5, 0.6) is 11.5 Å². The predicted octanol–water partition coefficient (Wildman–Crippen LogP) is 3.13. The maximum absolute atomic E-state index is 12.8. The largest absolute Gasteiger partial charge is 0.455 e. The summed E-state index contributed by atoms with van der Waals surface area (Å²) in [6, 6.07) is 7.51. The predicted molar refractivity (Wildman–Crippen MR) is 122 cm³/mol. The minimum atomic E-state index is -0.451. The lowest BCUT2D eigenvalue weighted by Crippen LogP contribution is -2.53. The third-order valence-corrected chi connectivity index (χ3v) is 7.09. The van der Waals surface area contributed by atoms with Crippen molar-refractivity contribution in [3.05, 3.63) is 58.2 Å². The van der Waals surface area contributed by atoms with Crippen molar-refractivity contribution in [2.24, 2.45) is 0 Å². The summed E-state index contributed by atoms with van der Waals surface area (Å²) in [4.78, 5) is 27.2. The zero-order valence-electron chi connectivity index (χ0n) is 17.9. The summed E-state index contributed by atoms with van der Waals surface area (Å²) in [5.74, 6) is 0.994. The molecule has 1 aliphatic rings. The smallest absolute Gasteiger partial charge is 0.261 e. The van der Waals surface area contributed by atoms with Gasteiger partial charge in [-0.1, -0.05) is 0 Å². The van der Waals surface area contributed by atoms with Crippen LogP contribution in [-0.2, 0) is 0 Å². The summed E-state index contributed by atoms with van der Waals surface area (Å²) in [5, 5.41) is 17.5. The van der Waals surface area contributed by atoms with Crippen LogP contribution in [0.3, 0.4) is 0 Å². The van der Waals surface area contributed by atoms with Crippen LogP contribution in [0, 0.1) is 13.8 Å². The summed E-state index contributed by atoms with van der Waals surface area (Å²) in [5.41, 5.74) is 2.98. The first-order valence-corrected chi connectivity index (χ1v) is 11.1. The minimum Gasteiger partial charge on any atom is -0.455 e. The molecule has 5 rings (SSSR count). The van der Waals surface area contributed by atoms with Gasteiger partial charge in [-0.3, -0.25) is 9.59 Å². The summed E-state index contributed by atoms with van der Waals surface area (Å²) < 4.78 is 8.81. The van der Waals surface area contributed by atoms with Crippen LogP contribution in [-0.4, -0.2) is 57.7 Å². The monoisotopic (exact) mass is 450 g/mol. The van der Waals surface area contributed by atoms with Gasteiger partial charge in [-0.05, 0) is 48.6 Å². The zero-order chi connectivity index (χ0) is 22.6. The van der Waals surface area contributed by atoms with Crippen LogP contribution in [0.1, 0.15) is 31.2 Å². The number of nitrogens with zero attached hydrogens (tertiary/aromatic N) is 3. The second kappa shape index (κ2) is 7.61. The normalized spacial score (nSPS) is 14.1. The first-order chi connectivity index (χ1) is 15.4. The number of carbonyl (C=O) groups excluding carboxylic acids is 2. The number of hydrogen-bond donors (Lipinski definition) is 2. The van der Waals surface area contributed by atoms with E-state index in [4.69, 9.17) is 4.74 Å². The number of β-amino-alcohol motifs (C(OH)–C–C–N with tert-alkyl or cyclic N) is 1. The molecule has 0 bridgehead atoms. The number of aliphatic hydroxyl groups is 1. The van der Waals surface area contributed by atoms with Crippen LogP contribution in [0.25, 0.3) is 15.6 Å². The van der Waals surface area contributed by atoms with Gasteiger partial charge in [0.25, 0.3) is 11.8 Å². The van der Waals surface area contributed by atoms with E-state index in [1.54, 1.807) is 34.9 Å². The van der Waals surface area contributed by atoms with Gasteiger partial charge in [0.05, 0.1) is 22.7 Å². The molecule has 4 aromatic rings. The van der Waals surface area contributed by atoms with Gasteiger partial charge in [0.15, 0.2) is 5.75 Å². The molecule has 0 saturated carbocycles.